The van der Waals surface area contributed by atoms with Crippen LogP contribution >= 0.6 is 0 Å². The summed E-state index contributed by atoms with van der Waals surface area (Å²) in [4.78, 5) is 2.15. The summed E-state index contributed by atoms with van der Waals surface area (Å²) in [6, 6.07) is 0. The van der Waals surface area contributed by atoms with Crippen LogP contribution in [0.4, 0.5) is 0 Å². The van der Waals surface area contributed by atoms with Gasteiger partial charge in [0.25, 0.3) is 0 Å². The molecule has 15 heavy (non-hydrogen) atoms. The van der Waals surface area contributed by atoms with Crippen molar-refractivity contribution in [3.63, 3.8) is 0 Å². The van der Waals surface area contributed by atoms with E-state index in [1.807, 2.05) is 0 Å². The molecule has 0 aromatic rings. The maximum Gasteiger partial charge on any atom is 0.109 e. The molecule has 0 aromatic heterocycles. The van der Waals surface area contributed by atoms with Crippen LogP contribution in [-0.2, 0) is 4.74 Å². The van der Waals surface area contributed by atoms with E-state index in [0.29, 0.717) is 6.23 Å². The summed E-state index contributed by atoms with van der Waals surface area (Å²) in [5.74, 6) is 0.856. The van der Waals surface area contributed by atoms with Crippen LogP contribution in [0.2, 0.25) is 0 Å². The Kier molecular flexibility index (Phi) is 9.12. The quantitative estimate of drug-likeness (QED) is 0.546. The highest BCUT2D eigenvalue weighted by Crippen LogP contribution is 2.15. The standard InChI is InChI=1S/C13H29NO/c1-6-9-12(7-2)10-11-15-13(8-3)14(4)5/h12-13H,6-11H2,1-5H3. The zero-order chi connectivity index (χ0) is 11.7. The van der Waals surface area contributed by atoms with Crippen LogP contribution in [0.25, 0.3) is 0 Å². The minimum atomic E-state index is 0.295. The third kappa shape index (κ3) is 6.91. The molecule has 0 rings (SSSR count). The van der Waals surface area contributed by atoms with Gasteiger partial charge in [0, 0.05) is 6.61 Å². The molecule has 0 saturated carbocycles. The van der Waals surface area contributed by atoms with Gasteiger partial charge >= 0.3 is 0 Å². The number of ether oxygens (including phenoxy) is 1. The summed E-state index contributed by atoms with van der Waals surface area (Å²) in [5, 5.41) is 0. The van der Waals surface area contributed by atoms with Crippen molar-refractivity contribution in [2.75, 3.05) is 20.7 Å². The van der Waals surface area contributed by atoms with Crippen molar-refractivity contribution in [3.8, 4) is 0 Å². The maximum absolute atomic E-state index is 5.86. The maximum atomic E-state index is 5.86. The summed E-state index contributed by atoms with van der Waals surface area (Å²) >= 11 is 0. The number of hydrogen-bond acceptors (Lipinski definition) is 2. The topological polar surface area (TPSA) is 12.5 Å². The molecule has 0 N–H and O–H groups in total. The van der Waals surface area contributed by atoms with Gasteiger partial charge in [0.15, 0.2) is 0 Å². The van der Waals surface area contributed by atoms with E-state index in [1.165, 1.54) is 25.7 Å². The lowest BCUT2D eigenvalue weighted by atomic mass is 9.98. The first kappa shape index (κ1) is 14.9. The van der Waals surface area contributed by atoms with E-state index in [9.17, 15) is 0 Å². The van der Waals surface area contributed by atoms with E-state index >= 15 is 0 Å². The Balaban J connectivity index is 3.65. The lowest BCUT2D eigenvalue weighted by molar-refractivity contribution is -0.0427. The van der Waals surface area contributed by atoms with Gasteiger partial charge in [-0.05, 0) is 32.9 Å². The third-order valence-corrected chi connectivity index (χ3v) is 3.04. The van der Waals surface area contributed by atoms with Crippen molar-refractivity contribution >= 4 is 0 Å². The Morgan fingerprint density at radius 1 is 1.00 bits per heavy atom. The molecule has 0 aliphatic heterocycles. The average Bonchev–Trinajstić information content (AvgIpc) is 2.22. The number of nitrogens with zero attached hydrogens (tertiary/aromatic N) is 1. The van der Waals surface area contributed by atoms with Gasteiger partial charge in [0.1, 0.15) is 6.23 Å². The highest BCUT2D eigenvalue weighted by Gasteiger charge is 2.10. The molecule has 0 heterocycles. The average molecular weight is 215 g/mol. The zero-order valence-electron chi connectivity index (χ0n) is 11.3. The van der Waals surface area contributed by atoms with Gasteiger partial charge in [-0.2, -0.15) is 0 Å². The Labute approximate surface area is 96.0 Å². The second-order valence-electron chi connectivity index (χ2n) is 4.55. The SMILES string of the molecule is CCCC(CC)CCOC(CC)N(C)C. The molecule has 2 atom stereocenters. The zero-order valence-corrected chi connectivity index (χ0v) is 11.3. The largest absolute Gasteiger partial charge is 0.363 e. The summed E-state index contributed by atoms with van der Waals surface area (Å²) in [7, 11) is 4.16. The van der Waals surface area contributed by atoms with Gasteiger partial charge in [-0.25, -0.2) is 0 Å². The van der Waals surface area contributed by atoms with Crippen molar-refractivity contribution < 1.29 is 4.74 Å². The van der Waals surface area contributed by atoms with Crippen molar-refractivity contribution in [2.45, 2.75) is 59.1 Å². The Hall–Kier alpha value is -0.0800. The van der Waals surface area contributed by atoms with Gasteiger partial charge in [0.05, 0.1) is 0 Å². The Morgan fingerprint density at radius 3 is 2.07 bits per heavy atom. The molecule has 0 aromatic carbocycles. The van der Waals surface area contributed by atoms with Gasteiger partial charge in [-0.1, -0.05) is 40.0 Å². The number of hydrogen-bond donors (Lipinski definition) is 0. The summed E-state index contributed by atoms with van der Waals surface area (Å²) < 4.78 is 5.86. The second kappa shape index (κ2) is 9.17. The fourth-order valence-corrected chi connectivity index (χ4v) is 1.96. The molecule has 0 aliphatic carbocycles. The van der Waals surface area contributed by atoms with Crippen LogP contribution in [0, 0.1) is 5.92 Å². The minimum Gasteiger partial charge on any atom is -0.363 e. The molecule has 0 saturated heterocycles. The van der Waals surface area contributed by atoms with E-state index in [0.717, 1.165) is 18.9 Å². The Morgan fingerprint density at radius 2 is 1.67 bits per heavy atom. The molecule has 0 fully saturated rings. The molecule has 0 amide bonds. The molecular weight excluding hydrogens is 186 g/mol. The first-order valence-electron chi connectivity index (χ1n) is 6.43. The summed E-state index contributed by atoms with van der Waals surface area (Å²) in [6.45, 7) is 7.63. The highest BCUT2D eigenvalue weighted by molar-refractivity contribution is 4.57. The summed E-state index contributed by atoms with van der Waals surface area (Å²) in [5.41, 5.74) is 0. The van der Waals surface area contributed by atoms with Crippen LogP contribution < -0.4 is 0 Å². The van der Waals surface area contributed by atoms with Crippen LogP contribution in [0.3, 0.4) is 0 Å². The molecule has 0 aliphatic rings. The molecule has 0 spiro atoms. The van der Waals surface area contributed by atoms with Crippen LogP contribution in [0.15, 0.2) is 0 Å². The van der Waals surface area contributed by atoms with E-state index in [2.05, 4.69) is 39.8 Å². The monoisotopic (exact) mass is 215 g/mol. The van der Waals surface area contributed by atoms with Crippen molar-refractivity contribution in [1.82, 2.24) is 4.90 Å². The minimum absolute atomic E-state index is 0.295. The lowest BCUT2D eigenvalue weighted by Gasteiger charge is -2.24. The van der Waals surface area contributed by atoms with Crippen LogP contribution in [0.5, 0.6) is 0 Å². The normalized spacial score (nSPS) is 15.6. The van der Waals surface area contributed by atoms with Crippen molar-refractivity contribution in [2.24, 2.45) is 5.92 Å². The molecular formula is C13H29NO. The predicted octanol–water partition coefficient (Wildman–Crippen LogP) is 3.52. The molecule has 2 nitrogen and oxygen atoms in total. The fourth-order valence-electron chi connectivity index (χ4n) is 1.96. The first-order chi connectivity index (χ1) is 7.15. The molecule has 92 valence electrons. The van der Waals surface area contributed by atoms with E-state index < -0.39 is 0 Å². The number of rotatable bonds is 9. The molecule has 2 unspecified atom stereocenters. The van der Waals surface area contributed by atoms with Crippen molar-refractivity contribution in [3.05, 3.63) is 0 Å². The van der Waals surface area contributed by atoms with E-state index in [-0.39, 0.29) is 0 Å². The lowest BCUT2D eigenvalue weighted by Crippen LogP contribution is -2.30. The van der Waals surface area contributed by atoms with E-state index in [4.69, 9.17) is 4.74 Å². The van der Waals surface area contributed by atoms with Crippen molar-refractivity contribution in [1.29, 1.82) is 0 Å². The molecule has 0 radical (unpaired) electrons. The van der Waals surface area contributed by atoms with Gasteiger partial charge in [-0.15, -0.1) is 0 Å². The fraction of sp³-hybridized carbons (Fsp3) is 1.00. The van der Waals surface area contributed by atoms with Gasteiger partial charge in [-0.3, -0.25) is 4.90 Å². The first-order valence-corrected chi connectivity index (χ1v) is 6.43. The Bertz CT molecular complexity index is 136. The predicted molar refractivity (Wildman–Crippen MR) is 67.0 cm³/mol. The van der Waals surface area contributed by atoms with Gasteiger partial charge < -0.3 is 4.74 Å². The smallest absolute Gasteiger partial charge is 0.109 e. The van der Waals surface area contributed by atoms with E-state index in [1.54, 1.807) is 0 Å². The van der Waals surface area contributed by atoms with Crippen LogP contribution in [-0.4, -0.2) is 31.8 Å². The third-order valence-electron chi connectivity index (χ3n) is 3.04. The molecule has 2 heteroatoms. The molecule has 0 bridgehead atoms. The van der Waals surface area contributed by atoms with Crippen LogP contribution in [0.1, 0.15) is 52.9 Å². The van der Waals surface area contributed by atoms with Gasteiger partial charge in [0.2, 0.25) is 0 Å². The second-order valence-corrected chi connectivity index (χ2v) is 4.55. The summed E-state index contributed by atoms with van der Waals surface area (Å²) in [6.07, 6.45) is 6.51. The highest BCUT2D eigenvalue weighted by atomic mass is 16.5.